The van der Waals surface area contributed by atoms with Crippen LogP contribution >= 0.6 is 0 Å². The first kappa shape index (κ1) is 11.4. The van der Waals surface area contributed by atoms with Crippen LogP contribution in [0.4, 0.5) is 0 Å². The highest BCUT2D eigenvalue weighted by molar-refractivity contribution is 5.33. The molecule has 94 valence electrons. The van der Waals surface area contributed by atoms with Crippen molar-refractivity contribution >= 4 is 0 Å². The number of hydrogen-bond donors (Lipinski definition) is 1. The van der Waals surface area contributed by atoms with E-state index in [0.717, 1.165) is 24.3 Å². The molecule has 1 aliphatic carbocycles. The largest absolute Gasteiger partial charge is 0.339 e. The van der Waals surface area contributed by atoms with Gasteiger partial charge in [-0.25, -0.2) is 0 Å². The minimum atomic E-state index is -0.306. The Bertz CT molecular complexity index is 552. The SMILES string of the molecule is Cc1cc(C)cc(C(N)c2noc(C3CC3)n2)c1. The molecule has 0 radical (unpaired) electrons. The van der Waals surface area contributed by atoms with Crippen LogP contribution in [0.3, 0.4) is 0 Å². The number of nitrogens with two attached hydrogens (primary N) is 1. The van der Waals surface area contributed by atoms with Crippen LogP contribution in [0.15, 0.2) is 22.7 Å². The quantitative estimate of drug-likeness (QED) is 0.900. The van der Waals surface area contributed by atoms with E-state index in [1.165, 1.54) is 11.1 Å². The Kier molecular flexibility index (Phi) is 2.67. The molecule has 1 heterocycles. The zero-order valence-electron chi connectivity index (χ0n) is 10.7. The lowest BCUT2D eigenvalue weighted by Gasteiger charge is -2.09. The van der Waals surface area contributed by atoms with Crippen LogP contribution < -0.4 is 5.73 Å². The summed E-state index contributed by atoms with van der Waals surface area (Å²) in [4.78, 5) is 4.41. The molecule has 1 saturated carbocycles. The Balaban J connectivity index is 1.89. The molecule has 0 bridgehead atoms. The smallest absolute Gasteiger partial charge is 0.229 e. The molecule has 1 aliphatic rings. The third-order valence-corrected chi connectivity index (χ3v) is 3.27. The molecule has 1 atom stereocenters. The molecular weight excluding hydrogens is 226 g/mol. The maximum atomic E-state index is 6.20. The second-order valence-corrected chi connectivity index (χ2v) is 5.16. The van der Waals surface area contributed by atoms with Crippen molar-refractivity contribution in [3.05, 3.63) is 46.6 Å². The van der Waals surface area contributed by atoms with Gasteiger partial charge in [0.05, 0.1) is 6.04 Å². The second kappa shape index (κ2) is 4.21. The van der Waals surface area contributed by atoms with Gasteiger partial charge in [-0.15, -0.1) is 0 Å². The molecule has 1 unspecified atom stereocenters. The lowest BCUT2D eigenvalue weighted by molar-refractivity contribution is 0.372. The third kappa shape index (κ3) is 2.16. The summed E-state index contributed by atoms with van der Waals surface area (Å²) in [5.74, 6) is 1.80. The van der Waals surface area contributed by atoms with E-state index in [9.17, 15) is 0 Å². The predicted molar refractivity (Wildman–Crippen MR) is 68.2 cm³/mol. The van der Waals surface area contributed by atoms with Gasteiger partial charge in [0.2, 0.25) is 5.89 Å². The summed E-state index contributed by atoms with van der Waals surface area (Å²) >= 11 is 0. The molecule has 2 aromatic rings. The van der Waals surface area contributed by atoms with Crippen LogP contribution in [0, 0.1) is 13.8 Å². The molecule has 0 amide bonds. The Morgan fingerprint density at radius 3 is 2.50 bits per heavy atom. The number of rotatable bonds is 3. The Labute approximate surface area is 106 Å². The van der Waals surface area contributed by atoms with Crippen molar-refractivity contribution in [3.63, 3.8) is 0 Å². The van der Waals surface area contributed by atoms with Crippen molar-refractivity contribution in [1.82, 2.24) is 10.1 Å². The zero-order valence-corrected chi connectivity index (χ0v) is 10.7. The summed E-state index contributed by atoms with van der Waals surface area (Å²) in [6.07, 6.45) is 2.31. The first-order chi connectivity index (χ1) is 8.63. The number of nitrogens with zero attached hydrogens (tertiary/aromatic N) is 2. The predicted octanol–water partition coefficient (Wildman–Crippen LogP) is 2.61. The molecular formula is C14H17N3O. The summed E-state index contributed by atoms with van der Waals surface area (Å²) in [7, 11) is 0. The highest BCUT2D eigenvalue weighted by atomic mass is 16.5. The molecule has 3 rings (SSSR count). The number of hydrogen-bond acceptors (Lipinski definition) is 4. The average molecular weight is 243 g/mol. The Morgan fingerprint density at radius 2 is 1.89 bits per heavy atom. The van der Waals surface area contributed by atoms with E-state index in [-0.39, 0.29) is 6.04 Å². The van der Waals surface area contributed by atoms with Gasteiger partial charge >= 0.3 is 0 Å². The second-order valence-electron chi connectivity index (χ2n) is 5.16. The van der Waals surface area contributed by atoms with Crippen LogP contribution in [0.2, 0.25) is 0 Å². The van der Waals surface area contributed by atoms with Crippen LogP contribution in [0.5, 0.6) is 0 Å². The van der Waals surface area contributed by atoms with Gasteiger partial charge in [-0.1, -0.05) is 34.5 Å². The Hall–Kier alpha value is -1.68. The third-order valence-electron chi connectivity index (χ3n) is 3.27. The van der Waals surface area contributed by atoms with Crippen LogP contribution in [0.1, 0.15) is 53.2 Å². The van der Waals surface area contributed by atoms with Gasteiger partial charge in [0.1, 0.15) is 0 Å². The van der Waals surface area contributed by atoms with E-state index in [1.807, 2.05) is 0 Å². The van der Waals surface area contributed by atoms with Crippen molar-refractivity contribution in [1.29, 1.82) is 0 Å². The monoisotopic (exact) mass is 243 g/mol. The zero-order chi connectivity index (χ0) is 12.7. The molecule has 18 heavy (non-hydrogen) atoms. The molecule has 2 N–H and O–H groups in total. The van der Waals surface area contributed by atoms with Gasteiger partial charge in [-0.05, 0) is 32.3 Å². The van der Waals surface area contributed by atoms with Crippen LogP contribution in [-0.4, -0.2) is 10.1 Å². The average Bonchev–Trinajstić information content (AvgIpc) is 3.05. The van der Waals surface area contributed by atoms with E-state index in [0.29, 0.717) is 11.7 Å². The number of aromatic nitrogens is 2. The van der Waals surface area contributed by atoms with Crippen molar-refractivity contribution in [2.24, 2.45) is 5.73 Å². The van der Waals surface area contributed by atoms with Crippen molar-refractivity contribution in [3.8, 4) is 0 Å². The Morgan fingerprint density at radius 1 is 1.22 bits per heavy atom. The lowest BCUT2D eigenvalue weighted by Crippen LogP contribution is -2.14. The van der Waals surface area contributed by atoms with Crippen LogP contribution in [0.25, 0.3) is 0 Å². The van der Waals surface area contributed by atoms with E-state index in [1.54, 1.807) is 0 Å². The van der Waals surface area contributed by atoms with Gasteiger partial charge in [0.25, 0.3) is 0 Å². The molecule has 0 aliphatic heterocycles. The van der Waals surface area contributed by atoms with Gasteiger partial charge in [0.15, 0.2) is 5.82 Å². The van der Waals surface area contributed by atoms with Crippen LogP contribution in [-0.2, 0) is 0 Å². The molecule has 4 nitrogen and oxygen atoms in total. The van der Waals surface area contributed by atoms with Gasteiger partial charge in [-0.2, -0.15) is 4.98 Å². The fraction of sp³-hybridized carbons (Fsp3) is 0.429. The fourth-order valence-corrected chi connectivity index (χ4v) is 2.21. The molecule has 1 aromatic carbocycles. The summed E-state index contributed by atoms with van der Waals surface area (Å²) < 4.78 is 5.25. The minimum Gasteiger partial charge on any atom is -0.339 e. The van der Waals surface area contributed by atoms with E-state index in [4.69, 9.17) is 10.3 Å². The molecule has 0 spiro atoms. The van der Waals surface area contributed by atoms with Gasteiger partial charge in [-0.3, -0.25) is 0 Å². The number of aryl methyl sites for hydroxylation is 2. The first-order valence-electron chi connectivity index (χ1n) is 6.31. The molecule has 1 aromatic heterocycles. The topological polar surface area (TPSA) is 64.9 Å². The lowest BCUT2D eigenvalue weighted by atomic mass is 10.0. The standard InChI is InChI=1S/C14H17N3O/c1-8-5-9(2)7-11(6-8)12(15)13-16-14(18-17-13)10-3-4-10/h5-7,10,12H,3-4,15H2,1-2H3. The fourth-order valence-electron chi connectivity index (χ4n) is 2.21. The summed E-state index contributed by atoms with van der Waals surface area (Å²) in [5.41, 5.74) is 9.64. The highest BCUT2D eigenvalue weighted by Gasteiger charge is 2.30. The molecule has 0 saturated heterocycles. The maximum absolute atomic E-state index is 6.20. The van der Waals surface area contributed by atoms with Crippen molar-refractivity contribution < 1.29 is 4.52 Å². The normalized spacial score (nSPS) is 16.8. The van der Waals surface area contributed by atoms with E-state index >= 15 is 0 Å². The number of benzene rings is 1. The first-order valence-corrected chi connectivity index (χ1v) is 6.31. The van der Waals surface area contributed by atoms with Crippen molar-refractivity contribution in [2.45, 2.75) is 38.6 Å². The van der Waals surface area contributed by atoms with Crippen molar-refractivity contribution in [2.75, 3.05) is 0 Å². The molecule has 1 fully saturated rings. The summed E-state index contributed by atoms with van der Waals surface area (Å²) in [6, 6.07) is 5.97. The van der Waals surface area contributed by atoms with Gasteiger partial charge in [0, 0.05) is 5.92 Å². The molecule has 4 heteroatoms. The maximum Gasteiger partial charge on any atom is 0.229 e. The highest BCUT2D eigenvalue weighted by Crippen LogP contribution is 2.39. The van der Waals surface area contributed by atoms with E-state index in [2.05, 4.69) is 42.2 Å². The van der Waals surface area contributed by atoms with Gasteiger partial charge < -0.3 is 10.3 Å². The minimum absolute atomic E-state index is 0.306. The van der Waals surface area contributed by atoms with E-state index < -0.39 is 0 Å². The summed E-state index contributed by atoms with van der Waals surface area (Å²) in [5, 5.41) is 4.00. The summed E-state index contributed by atoms with van der Waals surface area (Å²) in [6.45, 7) is 4.13.